The summed E-state index contributed by atoms with van der Waals surface area (Å²) in [4.78, 5) is 17.1. The van der Waals surface area contributed by atoms with E-state index in [9.17, 15) is 4.79 Å². The van der Waals surface area contributed by atoms with Gasteiger partial charge in [0.1, 0.15) is 0 Å². The Hall–Kier alpha value is -1.12. The first kappa shape index (κ1) is 29.9. The van der Waals surface area contributed by atoms with Crippen LogP contribution in [0.15, 0.2) is 17.1 Å². The Balaban J connectivity index is 4.87. The number of ether oxygens (including phenoxy) is 1. The van der Waals surface area contributed by atoms with Gasteiger partial charge in [-0.15, -0.1) is 0 Å². The fourth-order valence-corrected chi connectivity index (χ4v) is 4.88. The first-order chi connectivity index (χ1) is 14.3. The molecule has 0 N–H and O–H groups in total. The molecule has 0 amide bonds. The van der Waals surface area contributed by atoms with Gasteiger partial charge >= 0.3 is 5.97 Å². The van der Waals surface area contributed by atoms with Crippen molar-refractivity contribution in [2.45, 2.75) is 121 Å². The van der Waals surface area contributed by atoms with Gasteiger partial charge in [-0.2, -0.15) is 0 Å². The van der Waals surface area contributed by atoms with Gasteiger partial charge in [-0.05, 0) is 74.8 Å². The normalized spacial score (nSPS) is 17.1. The molecule has 0 aromatic rings. The van der Waals surface area contributed by atoms with Gasteiger partial charge in [-0.3, -0.25) is 9.79 Å². The highest BCUT2D eigenvalue weighted by molar-refractivity contribution is 5.70. The minimum Gasteiger partial charge on any atom is -0.465 e. The van der Waals surface area contributed by atoms with Crippen LogP contribution >= 0.6 is 0 Å². The molecule has 2 atom stereocenters. The van der Waals surface area contributed by atoms with Crippen molar-refractivity contribution in [3.8, 4) is 0 Å². The summed E-state index contributed by atoms with van der Waals surface area (Å²) in [6.45, 7) is 23.6. The molecule has 0 aromatic heterocycles. The third kappa shape index (κ3) is 13.1. The van der Waals surface area contributed by atoms with Gasteiger partial charge < -0.3 is 4.74 Å². The summed E-state index contributed by atoms with van der Waals surface area (Å²) in [7, 11) is 0. The average Bonchev–Trinajstić information content (AvgIpc) is 2.67. The number of aliphatic imine (C=N–C) groups is 1. The average molecular weight is 436 g/mol. The predicted octanol–water partition coefficient (Wildman–Crippen LogP) is 8.42. The van der Waals surface area contributed by atoms with E-state index in [0.717, 1.165) is 51.5 Å². The Kier molecular flexibility index (Phi) is 12.9. The van der Waals surface area contributed by atoms with Gasteiger partial charge in [-0.1, -0.05) is 74.0 Å². The summed E-state index contributed by atoms with van der Waals surface area (Å²) in [6, 6.07) is 0. The summed E-state index contributed by atoms with van der Waals surface area (Å²) >= 11 is 0. The molecule has 0 spiro atoms. The summed E-state index contributed by atoms with van der Waals surface area (Å²) in [5, 5.41) is 0. The van der Waals surface area contributed by atoms with Gasteiger partial charge in [0.05, 0.1) is 13.0 Å². The standard InChI is InChI=1S/C28H53NO2/c1-11-15-17-25(5,6)21-28(10,13-3)23-31-24(30)20-26(7,8)22-27(9,12-2)18-16-19-29-14-4/h11,15,19H,12-14,16-18,20-23H2,1-10H3. The molecule has 0 bridgehead atoms. The molecule has 31 heavy (non-hydrogen) atoms. The topological polar surface area (TPSA) is 38.7 Å². The molecule has 0 radical (unpaired) electrons. The number of carbonyl (C=O) groups is 1. The van der Waals surface area contributed by atoms with Gasteiger partial charge in [0, 0.05) is 12.0 Å². The number of allylic oxidation sites excluding steroid dienone is 2. The van der Waals surface area contributed by atoms with Crippen molar-refractivity contribution < 1.29 is 9.53 Å². The third-order valence-electron chi connectivity index (χ3n) is 6.82. The number of rotatable bonds is 16. The van der Waals surface area contributed by atoms with Crippen LogP contribution in [0.3, 0.4) is 0 Å². The second-order valence-corrected chi connectivity index (χ2v) is 11.8. The van der Waals surface area contributed by atoms with E-state index in [2.05, 4.69) is 92.6 Å². The minimum absolute atomic E-state index is 0.0153. The molecule has 0 rings (SSSR count). The zero-order valence-electron chi connectivity index (χ0n) is 22.6. The smallest absolute Gasteiger partial charge is 0.306 e. The van der Waals surface area contributed by atoms with Crippen LogP contribution < -0.4 is 0 Å². The van der Waals surface area contributed by atoms with Crippen LogP contribution in [0.1, 0.15) is 121 Å². The Morgan fingerprint density at radius 2 is 1.48 bits per heavy atom. The molecule has 3 heteroatoms. The van der Waals surface area contributed by atoms with E-state index in [1.54, 1.807) is 0 Å². The van der Waals surface area contributed by atoms with Crippen molar-refractivity contribution in [1.29, 1.82) is 0 Å². The monoisotopic (exact) mass is 435 g/mol. The second-order valence-electron chi connectivity index (χ2n) is 11.8. The van der Waals surface area contributed by atoms with E-state index in [0.29, 0.717) is 13.0 Å². The van der Waals surface area contributed by atoms with Gasteiger partial charge in [0.2, 0.25) is 0 Å². The van der Waals surface area contributed by atoms with E-state index >= 15 is 0 Å². The van der Waals surface area contributed by atoms with Crippen LogP contribution in [0.5, 0.6) is 0 Å². The minimum atomic E-state index is -0.0719. The molecule has 0 saturated carbocycles. The summed E-state index contributed by atoms with van der Waals surface area (Å²) < 4.78 is 5.87. The largest absolute Gasteiger partial charge is 0.465 e. The molecule has 3 nitrogen and oxygen atoms in total. The SMILES string of the molecule is CC=CCC(C)(C)CC(C)(CC)COC(=O)CC(C)(C)CC(C)(CC)CCC=NCC. The molecular weight excluding hydrogens is 382 g/mol. The Bertz CT molecular complexity index is 576. The Morgan fingerprint density at radius 1 is 0.903 bits per heavy atom. The van der Waals surface area contributed by atoms with Gasteiger partial charge in [0.25, 0.3) is 0 Å². The maximum absolute atomic E-state index is 12.8. The lowest BCUT2D eigenvalue weighted by Crippen LogP contribution is -2.32. The summed E-state index contributed by atoms with van der Waals surface area (Å²) in [5.74, 6) is -0.0538. The number of hydrogen-bond donors (Lipinski definition) is 0. The van der Waals surface area contributed by atoms with Crippen molar-refractivity contribution >= 4 is 12.2 Å². The highest BCUT2D eigenvalue weighted by Gasteiger charge is 2.35. The maximum atomic E-state index is 12.8. The lowest BCUT2D eigenvalue weighted by atomic mass is 9.69. The molecule has 0 saturated heterocycles. The number of carbonyl (C=O) groups excluding carboxylic acids is 1. The van der Waals surface area contributed by atoms with E-state index in [4.69, 9.17) is 4.74 Å². The van der Waals surface area contributed by atoms with E-state index in [-0.39, 0.29) is 27.6 Å². The Morgan fingerprint density at radius 3 is 2.00 bits per heavy atom. The lowest BCUT2D eigenvalue weighted by molar-refractivity contribution is -0.150. The van der Waals surface area contributed by atoms with Crippen molar-refractivity contribution in [2.24, 2.45) is 26.7 Å². The maximum Gasteiger partial charge on any atom is 0.306 e. The molecule has 0 aromatic carbocycles. The molecule has 0 heterocycles. The van der Waals surface area contributed by atoms with Gasteiger partial charge in [0.15, 0.2) is 0 Å². The van der Waals surface area contributed by atoms with E-state index in [1.807, 2.05) is 0 Å². The molecule has 0 aliphatic rings. The zero-order chi connectivity index (χ0) is 24.2. The zero-order valence-corrected chi connectivity index (χ0v) is 22.6. The van der Waals surface area contributed by atoms with Crippen LogP contribution in [0.2, 0.25) is 0 Å². The van der Waals surface area contributed by atoms with Crippen LogP contribution in [0, 0.1) is 21.7 Å². The number of nitrogens with zero attached hydrogens (tertiary/aromatic N) is 1. The first-order valence-corrected chi connectivity index (χ1v) is 12.5. The second kappa shape index (κ2) is 13.4. The van der Waals surface area contributed by atoms with E-state index in [1.165, 1.54) is 0 Å². The molecule has 182 valence electrons. The molecule has 0 fully saturated rings. The number of esters is 1. The number of hydrogen-bond acceptors (Lipinski definition) is 3. The van der Waals surface area contributed by atoms with E-state index < -0.39 is 0 Å². The van der Waals surface area contributed by atoms with Crippen LogP contribution in [0.4, 0.5) is 0 Å². The quantitative estimate of drug-likeness (QED) is 0.139. The fourth-order valence-electron chi connectivity index (χ4n) is 4.88. The molecule has 0 aliphatic carbocycles. The summed E-state index contributed by atoms with van der Waals surface area (Å²) in [6.07, 6.45) is 14.3. The predicted molar refractivity (Wildman–Crippen MR) is 137 cm³/mol. The first-order valence-electron chi connectivity index (χ1n) is 12.5. The summed E-state index contributed by atoms with van der Waals surface area (Å²) in [5.41, 5.74) is 0.365. The van der Waals surface area contributed by atoms with Gasteiger partial charge in [-0.25, -0.2) is 0 Å². The van der Waals surface area contributed by atoms with Crippen LogP contribution in [-0.2, 0) is 9.53 Å². The van der Waals surface area contributed by atoms with Crippen molar-refractivity contribution in [3.05, 3.63) is 12.2 Å². The lowest BCUT2D eigenvalue weighted by Gasteiger charge is -2.38. The van der Waals surface area contributed by atoms with Crippen molar-refractivity contribution in [2.75, 3.05) is 13.2 Å². The Labute approximate surface area is 194 Å². The van der Waals surface area contributed by atoms with Crippen LogP contribution in [0.25, 0.3) is 0 Å². The van der Waals surface area contributed by atoms with Crippen molar-refractivity contribution in [3.63, 3.8) is 0 Å². The molecular formula is C28H53NO2. The van der Waals surface area contributed by atoms with Crippen molar-refractivity contribution in [1.82, 2.24) is 0 Å². The van der Waals surface area contributed by atoms with Crippen LogP contribution in [-0.4, -0.2) is 25.3 Å². The molecule has 0 aliphatic heterocycles. The highest BCUT2D eigenvalue weighted by Crippen LogP contribution is 2.42. The highest BCUT2D eigenvalue weighted by atomic mass is 16.5. The fraction of sp³-hybridized carbons (Fsp3) is 0.857. The third-order valence-corrected chi connectivity index (χ3v) is 6.82. The molecule has 2 unspecified atom stereocenters.